The van der Waals surface area contributed by atoms with E-state index in [0.717, 1.165) is 16.1 Å². The Morgan fingerprint density at radius 1 is 1.59 bits per heavy atom. The molecule has 1 atom stereocenters. The van der Waals surface area contributed by atoms with E-state index in [1.165, 1.54) is 11.8 Å². The van der Waals surface area contributed by atoms with Crippen LogP contribution in [0.15, 0.2) is 23.1 Å². The summed E-state index contributed by atoms with van der Waals surface area (Å²) >= 11 is 1.50. The number of carbonyl (C=O) groups is 2. The van der Waals surface area contributed by atoms with Crippen LogP contribution in [0.4, 0.5) is 10.5 Å². The first-order valence-corrected chi connectivity index (χ1v) is 6.01. The lowest BCUT2D eigenvalue weighted by Gasteiger charge is -2.21. The van der Waals surface area contributed by atoms with Gasteiger partial charge in [0.2, 0.25) is 5.91 Å². The molecule has 0 aliphatic carbocycles. The van der Waals surface area contributed by atoms with Crippen molar-refractivity contribution < 1.29 is 14.7 Å². The quantitative estimate of drug-likeness (QED) is 0.751. The maximum Gasteiger partial charge on any atom is 0.404 e. The van der Waals surface area contributed by atoms with Gasteiger partial charge in [0.15, 0.2) is 0 Å². The average molecular weight is 252 g/mol. The van der Waals surface area contributed by atoms with Crippen molar-refractivity contribution in [3.05, 3.63) is 23.8 Å². The predicted octanol–water partition coefficient (Wildman–Crippen LogP) is 1.89. The van der Waals surface area contributed by atoms with Gasteiger partial charge >= 0.3 is 6.09 Å². The van der Waals surface area contributed by atoms with Crippen LogP contribution >= 0.6 is 11.8 Å². The smallest absolute Gasteiger partial charge is 0.404 e. The summed E-state index contributed by atoms with van der Waals surface area (Å²) in [5.74, 6) is -0.0224. The third-order valence-corrected chi connectivity index (χ3v) is 3.60. The highest BCUT2D eigenvalue weighted by molar-refractivity contribution is 8.00. The lowest BCUT2D eigenvalue weighted by molar-refractivity contribution is -0.115. The fourth-order valence-corrected chi connectivity index (χ4v) is 2.47. The predicted molar refractivity (Wildman–Crippen MR) is 65.3 cm³/mol. The molecule has 1 heterocycles. The molecule has 0 saturated heterocycles. The van der Waals surface area contributed by atoms with Crippen LogP contribution in [0, 0.1) is 0 Å². The zero-order chi connectivity index (χ0) is 12.4. The molecule has 0 fully saturated rings. The van der Waals surface area contributed by atoms with E-state index in [1.54, 1.807) is 6.07 Å². The molecule has 1 aromatic carbocycles. The summed E-state index contributed by atoms with van der Waals surface area (Å²) in [6.07, 6.45) is -1.06. The maximum absolute atomic E-state index is 11.5. The van der Waals surface area contributed by atoms with Crippen LogP contribution < -0.4 is 10.6 Å². The molecule has 0 saturated carbocycles. The van der Waals surface area contributed by atoms with Crippen molar-refractivity contribution in [3.8, 4) is 0 Å². The summed E-state index contributed by atoms with van der Waals surface area (Å²) in [7, 11) is 0. The molecule has 90 valence electrons. The number of rotatable bonds is 2. The summed E-state index contributed by atoms with van der Waals surface area (Å²) in [5.41, 5.74) is 1.57. The molecule has 1 aliphatic rings. The molecule has 6 heteroatoms. The Morgan fingerprint density at radius 2 is 2.35 bits per heavy atom. The number of fused-ring (bicyclic) bond motifs is 1. The molecule has 3 N–H and O–H groups in total. The topological polar surface area (TPSA) is 78.4 Å². The van der Waals surface area contributed by atoms with Crippen LogP contribution in [-0.4, -0.2) is 22.4 Å². The second-order valence-corrected chi connectivity index (χ2v) is 5.12. The van der Waals surface area contributed by atoms with E-state index in [4.69, 9.17) is 5.11 Å². The zero-order valence-electron chi connectivity index (χ0n) is 9.19. The van der Waals surface area contributed by atoms with Crippen LogP contribution in [0.5, 0.6) is 0 Å². The van der Waals surface area contributed by atoms with Gasteiger partial charge in [0.05, 0.1) is 10.9 Å². The largest absolute Gasteiger partial charge is 0.465 e. The normalized spacial score (nSPS) is 18.2. The highest BCUT2D eigenvalue weighted by Crippen LogP contribution is 2.35. The van der Waals surface area contributed by atoms with Crippen molar-refractivity contribution >= 4 is 29.4 Å². The molecule has 2 rings (SSSR count). The Bertz CT molecular complexity index is 476. The van der Waals surface area contributed by atoms with Gasteiger partial charge in [-0.1, -0.05) is 6.07 Å². The Kier molecular flexibility index (Phi) is 3.23. The Morgan fingerprint density at radius 3 is 3.06 bits per heavy atom. The number of benzene rings is 1. The highest BCUT2D eigenvalue weighted by Gasteiger charge is 2.22. The minimum absolute atomic E-state index is 0.0224. The van der Waals surface area contributed by atoms with Crippen molar-refractivity contribution in [2.75, 3.05) is 5.32 Å². The van der Waals surface area contributed by atoms with Crippen LogP contribution in [-0.2, 0) is 11.3 Å². The monoisotopic (exact) mass is 252 g/mol. The molecular weight excluding hydrogens is 240 g/mol. The minimum atomic E-state index is -1.06. The second-order valence-electron chi connectivity index (χ2n) is 3.74. The van der Waals surface area contributed by atoms with E-state index in [0.29, 0.717) is 0 Å². The number of nitrogens with one attached hydrogen (secondary N) is 2. The van der Waals surface area contributed by atoms with E-state index in [-0.39, 0.29) is 17.7 Å². The molecule has 1 unspecified atom stereocenters. The standard InChI is InChI=1S/C11H12N2O3S/c1-6-10(14)13-8-4-7(5-12-11(15)16)2-3-9(8)17-6/h2-4,6,12H,5H2,1H3,(H,13,14)(H,15,16). The van der Waals surface area contributed by atoms with Gasteiger partial charge in [-0.2, -0.15) is 0 Å². The third-order valence-electron chi connectivity index (χ3n) is 2.42. The van der Waals surface area contributed by atoms with E-state index >= 15 is 0 Å². The molecule has 2 amide bonds. The van der Waals surface area contributed by atoms with Crippen molar-refractivity contribution in [1.82, 2.24) is 5.32 Å². The van der Waals surface area contributed by atoms with Crippen molar-refractivity contribution in [1.29, 1.82) is 0 Å². The van der Waals surface area contributed by atoms with Crippen molar-refractivity contribution in [2.45, 2.75) is 23.6 Å². The molecule has 1 aromatic rings. The summed E-state index contributed by atoms with van der Waals surface area (Å²) in [5, 5.41) is 13.5. The number of carbonyl (C=O) groups excluding carboxylic acids is 1. The average Bonchev–Trinajstić information content (AvgIpc) is 2.28. The van der Waals surface area contributed by atoms with Crippen LogP contribution in [0.1, 0.15) is 12.5 Å². The van der Waals surface area contributed by atoms with Crippen molar-refractivity contribution in [3.63, 3.8) is 0 Å². The second kappa shape index (κ2) is 4.67. The summed E-state index contributed by atoms with van der Waals surface area (Å²) in [6, 6.07) is 5.54. The first kappa shape index (κ1) is 11.8. The molecule has 5 nitrogen and oxygen atoms in total. The fraction of sp³-hybridized carbons (Fsp3) is 0.273. The fourth-order valence-electron chi connectivity index (χ4n) is 1.54. The van der Waals surface area contributed by atoms with Gasteiger partial charge in [-0.05, 0) is 24.6 Å². The van der Waals surface area contributed by atoms with Gasteiger partial charge in [0.25, 0.3) is 0 Å². The van der Waals surface area contributed by atoms with Gasteiger partial charge in [-0.25, -0.2) is 4.79 Å². The lowest BCUT2D eigenvalue weighted by Crippen LogP contribution is -2.26. The molecule has 0 aromatic heterocycles. The number of hydrogen-bond acceptors (Lipinski definition) is 3. The molecule has 0 bridgehead atoms. The number of thioether (sulfide) groups is 1. The minimum Gasteiger partial charge on any atom is -0.465 e. The lowest BCUT2D eigenvalue weighted by atomic mass is 10.2. The van der Waals surface area contributed by atoms with Gasteiger partial charge in [0, 0.05) is 11.4 Å². The van der Waals surface area contributed by atoms with E-state index in [2.05, 4.69) is 10.6 Å². The van der Waals surface area contributed by atoms with Crippen LogP contribution in [0.2, 0.25) is 0 Å². The third kappa shape index (κ3) is 2.71. The first-order valence-electron chi connectivity index (χ1n) is 5.13. The van der Waals surface area contributed by atoms with E-state index < -0.39 is 6.09 Å². The Balaban J connectivity index is 2.17. The van der Waals surface area contributed by atoms with E-state index in [9.17, 15) is 9.59 Å². The molecule has 17 heavy (non-hydrogen) atoms. The zero-order valence-corrected chi connectivity index (χ0v) is 10.0. The number of carboxylic acid groups (broad SMARTS) is 1. The van der Waals surface area contributed by atoms with Crippen molar-refractivity contribution in [2.24, 2.45) is 0 Å². The van der Waals surface area contributed by atoms with Crippen LogP contribution in [0.3, 0.4) is 0 Å². The molecule has 1 aliphatic heterocycles. The van der Waals surface area contributed by atoms with Gasteiger partial charge in [0.1, 0.15) is 0 Å². The Hall–Kier alpha value is -1.69. The number of amides is 2. The first-order chi connectivity index (χ1) is 8.06. The molecule has 0 radical (unpaired) electrons. The maximum atomic E-state index is 11.5. The summed E-state index contributed by atoms with van der Waals surface area (Å²) in [6.45, 7) is 2.08. The Labute approximate surface area is 103 Å². The van der Waals surface area contributed by atoms with Crippen LogP contribution in [0.25, 0.3) is 0 Å². The summed E-state index contributed by atoms with van der Waals surface area (Å²) < 4.78 is 0. The van der Waals surface area contributed by atoms with Gasteiger partial charge < -0.3 is 15.7 Å². The molecular formula is C11H12N2O3S. The molecule has 0 spiro atoms. The van der Waals surface area contributed by atoms with Gasteiger partial charge in [-0.15, -0.1) is 11.8 Å². The van der Waals surface area contributed by atoms with Gasteiger partial charge in [-0.3, -0.25) is 4.79 Å². The number of anilines is 1. The van der Waals surface area contributed by atoms with E-state index in [1.807, 2.05) is 19.1 Å². The summed E-state index contributed by atoms with van der Waals surface area (Å²) in [4.78, 5) is 22.9. The number of hydrogen-bond donors (Lipinski definition) is 3. The highest BCUT2D eigenvalue weighted by atomic mass is 32.2. The SMILES string of the molecule is CC1Sc2ccc(CNC(=O)O)cc2NC1=O.